The summed E-state index contributed by atoms with van der Waals surface area (Å²) < 4.78 is 27.0. The van der Waals surface area contributed by atoms with E-state index in [1.807, 2.05) is 19.1 Å². The highest BCUT2D eigenvalue weighted by molar-refractivity contribution is 7.89. The summed E-state index contributed by atoms with van der Waals surface area (Å²) in [6.45, 7) is 2.81. The molecule has 3 N–H and O–H groups in total. The highest BCUT2D eigenvalue weighted by Crippen LogP contribution is 2.25. The molecule has 1 aliphatic heterocycles. The number of amides is 1. The molecule has 2 unspecified atom stereocenters. The number of hydrogen-bond acceptors (Lipinski definition) is 4. The maximum absolute atomic E-state index is 12.7. The Labute approximate surface area is 156 Å². The van der Waals surface area contributed by atoms with Gasteiger partial charge in [0.25, 0.3) is 0 Å². The minimum absolute atomic E-state index is 0.00747. The first-order valence-corrected chi connectivity index (χ1v) is 10.9. The molecule has 2 aliphatic rings. The zero-order chi connectivity index (χ0) is 18.7. The Balaban J connectivity index is 1.54. The van der Waals surface area contributed by atoms with E-state index in [1.54, 1.807) is 12.1 Å². The number of nitrogens with zero attached hydrogens (tertiary/aromatic N) is 1. The summed E-state index contributed by atoms with van der Waals surface area (Å²) in [5.41, 5.74) is 7.01. The summed E-state index contributed by atoms with van der Waals surface area (Å²) in [5, 5.41) is 3.11. The van der Waals surface area contributed by atoms with Crippen LogP contribution in [0.4, 0.5) is 0 Å². The zero-order valence-corrected chi connectivity index (χ0v) is 16.2. The fourth-order valence-electron chi connectivity index (χ4n) is 3.88. The minimum atomic E-state index is -3.45. The van der Waals surface area contributed by atoms with Gasteiger partial charge in [-0.15, -0.1) is 0 Å². The molecule has 0 radical (unpaired) electrons. The number of nitrogens with one attached hydrogen (secondary N) is 1. The molecule has 1 heterocycles. The molecule has 0 bridgehead atoms. The molecule has 1 aromatic rings. The van der Waals surface area contributed by atoms with Gasteiger partial charge in [-0.25, -0.2) is 8.42 Å². The molecular formula is C19H29N3O3S. The molecule has 6 nitrogen and oxygen atoms in total. The van der Waals surface area contributed by atoms with E-state index < -0.39 is 10.0 Å². The van der Waals surface area contributed by atoms with E-state index in [9.17, 15) is 13.2 Å². The highest BCUT2D eigenvalue weighted by atomic mass is 32.2. The first kappa shape index (κ1) is 19.3. The minimum Gasteiger partial charge on any atom is -0.353 e. The topological polar surface area (TPSA) is 92.5 Å². The van der Waals surface area contributed by atoms with Crippen LogP contribution in [0.1, 0.15) is 44.1 Å². The Morgan fingerprint density at radius 3 is 2.38 bits per heavy atom. The number of benzene rings is 1. The van der Waals surface area contributed by atoms with Crippen LogP contribution in [-0.2, 0) is 14.8 Å². The van der Waals surface area contributed by atoms with Gasteiger partial charge in [-0.2, -0.15) is 4.31 Å². The van der Waals surface area contributed by atoms with Crippen LogP contribution < -0.4 is 11.1 Å². The Kier molecular flexibility index (Phi) is 5.99. The van der Waals surface area contributed by atoms with Gasteiger partial charge in [0.2, 0.25) is 15.9 Å². The van der Waals surface area contributed by atoms with Crippen LogP contribution >= 0.6 is 0 Å². The lowest BCUT2D eigenvalue weighted by Crippen LogP contribution is -2.48. The van der Waals surface area contributed by atoms with Crippen molar-refractivity contribution >= 4 is 15.9 Å². The quantitative estimate of drug-likeness (QED) is 0.834. The second kappa shape index (κ2) is 8.06. The predicted molar refractivity (Wildman–Crippen MR) is 101 cm³/mol. The molecule has 1 saturated heterocycles. The molecule has 0 spiro atoms. The van der Waals surface area contributed by atoms with Crippen molar-refractivity contribution < 1.29 is 13.2 Å². The Morgan fingerprint density at radius 2 is 1.77 bits per heavy atom. The van der Waals surface area contributed by atoms with Crippen LogP contribution in [0.3, 0.4) is 0 Å². The average molecular weight is 380 g/mol. The molecule has 26 heavy (non-hydrogen) atoms. The van der Waals surface area contributed by atoms with E-state index in [0.717, 1.165) is 31.2 Å². The monoisotopic (exact) mass is 379 g/mol. The zero-order valence-electron chi connectivity index (χ0n) is 15.4. The van der Waals surface area contributed by atoms with Gasteiger partial charge in [0.1, 0.15) is 0 Å². The average Bonchev–Trinajstić information content (AvgIpc) is 2.62. The van der Waals surface area contributed by atoms with E-state index in [2.05, 4.69) is 5.32 Å². The molecule has 1 saturated carbocycles. The number of sulfonamides is 1. The summed E-state index contributed by atoms with van der Waals surface area (Å²) >= 11 is 0. The maximum Gasteiger partial charge on any atom is 0.243 e. The van der Waals surface area contributed by atoms with Crippen LogP contribution in [0.5, 0.6) is 0 Å². The van der Waals surface area contributed by atoms with Crippen molar-refractivity contribution in [3.05, 3.63) is 29.8 Å². The molecular weight excluding hydrogens is 350 g/mol. The van der Waals surface area contributed by atoms with Gasteiger partial charge in [0.05, 0.1) is 4.90 Å². The van der Waals surface area contributed by atoms with Crippen molar-refractivity contribution in [2.45, 2.75) is 62.4 Å². The molecule has 1 amide bonds. The fraction of sp³-hybridized carbons (Fsp3) is 0.632. The molecule has 1 aliphatic carbocycles. The predicted octanol–water partition coefficient (Wildman–Crippen LogP) is 1.78. The lowest BCUT2D eigenvalue weighted by molar-refractivity contribution is -0.127. The van der Waals surface area contributed by atoms with Crippen LogP contribution in [0.2, 0.25) is 0 Å². The molecule has 2 fully saturated rings. The third-order valence-electron chi connectivity index (χ3n) is 5.54. The van der Waals surface area contributed by atoms with E-state index >= 15 is 0 Å². The summed E-state index contributed by atoms with van der Waals surface area (Å²) in [5.74, 6) is 0.0908. The number of hydrogen-bond donors (Lipinski definition) is 2. The molecule has 144 valence electrons. The molecule has 2 atom stereocenters. The number of piperidine rings is 1. The van der Waals surface area contributed by atoms with Gasteiger partial charge < -0.3 is 11.1 Å². The van der Waals surface area contributed by atoms with Crippen molar-refractivity contribution in [2.24, 2.45) is 11.7 Å². The lowest BCUT2D eigenvalue weighted by Gasteiger charge is -2.33. The van der Waals surface area contributed by atoms with E-state index in [-0.39, 0.29) is 23.9 Å². The molecule has 7 heteroatoms. The molecule has 3 rings (SSSR count). The van der Waals surface area contributed by atoms with Gasteiger partial charge in [-0.1, -0.05) is 24.1 Å². The van der Waals surface area contributed by atoms with Gasteiger partial charge in [0, 0.05) is 31.1 Å². The summed E-state index contributed by atoms with van der Waals surface area (Å²) in [6, 6.07) is 7.12. The number of carbonyl (C=O) groups is 1. The Morgan fingerprint density at radius 1 is 1.12 bits per heavy atom. The van der Waals surface area contributed by atoms with Gasteiger partial charge in [0.15, 0.2) is 0 Å². The Bertz CT molecular complexity index is 725. The van der Waals surface area contributed by atoms with E-state index in [0.29, 0.717) is 30.8 Å². The third kappa shape index (κ3) is 4.45. The number of nitrogens with two attached hydrogens (primary N) is 1. The molecule has 0 aromatic heterocycles. The smallest absolute Gasteiger partial charge is 0.243 e. The number of carbonyl (C=O) groups excluding carboxylic acids is 1. The summed E-state index contributed by atoms with van der Waals surface area (Å²) in [4.78, 5) is 12.8. The Hall–Kier alpha value is -1.44. The van der Waals surface area contributed by atoms with Gasteiger partial charge >= 0.3 is 0 Å². The SMILES string of the molecule is Cc1ccc(S(=O)(=O)N2CCC(NC(=O)C3CCCC(N)C3)CC2)cc1. The van der Waals surface area contributed by atoms with E-state index in [4.69, 9.17) is 5.73 Å². The lowest BCUT2D eigenvalue weighted by atomic mass is 9.85. The van der Waals surface area contributed by atoms with Crippen LogP contribution in [0.15, 0.2) is 29.2 Å². The maximum atomic E-state index is 12.7. The van der Waals surface area contributed by atoms with Gasteiger partial charge in [-0.3, -0.25) is 4.79 Å². The number of aryl methyl sites for hydroxylation is 1. The van der Waals surface area contributed by atoms with Crippen LogP contribution in [-0.4, -0.2) is 43.8 Å². The van der Waals surface area contributed by atoms with Crippen molar-refractivity contribution in [2.75, 3.05) is 13.1 Å². The molecule has 1 aromatic carbocycles. The third-order valence-corrected chi connectivity index (χ3v) is 7.46. The van der Waals surface area contributed by atoms with Crippen molar-refractivity contribution in [3.63, 3.8) is 0 Å². The van der Waals surface area contributed by atoms with Crippen LogP contribution in [0.25, 0.3) is 0 Å². The number of rotatable bonds is 4. The normalized spacial score (nSPS) is 25.8. The first-order valence-electron chi connectivity index (χ1n) is 9.49. The van der Waals surface area contributed by atoms with Crippen molar-refractivity contribution in [1.82, 2.24) is 9.62 Å². The van der Waals surface area contributed by atoms with E-state index in [1.165, 1.54) is 4.31 Å². The van der Waals surface area contributed by atoms with Crippen molar-refractivity contribution in [1.29, 1.82) is 0 Å². The first-order chi connectivity index (χ1) is 12.4. The second-order valence-electron chi connectivity index (χ2n) is 7.62. The highest BCUT2D eigenvalue weighted by Gasteiger charge is 2.32. The largest absolute Gasteiger partial charge is 0.353 e. The summed E-state index contributed by atoms with van der Waals surface area (Å²) in [6.07, 6.45) is 4.96. The fourth-order valence-corrected chi connectivity index (χ4v) is 5.35. The summed E-state index contributed by atoms with van der Waals surface area (Å²) in [7, 11) is -3.45. The standard InChI is InChI=1S/C19H29N3O3S/c1-14-5-7-18(8-6-14)26(24,25)22-11-9-17(10-12-22)21-19(23)15-3-2-4-16(20)13-15/h5-8,15-17H,2-4,9-13,20H2,1H3,(H,21,23). The second-order valence-corrected chi connectivity index (χ2v) is 9.56. The van der Waals surface area contributed by atoms with Gasteiger partial charge in [-0.05, 0) is 51.2 Å². The van der Waals surface area contributed by atoms with Crippen molar-refractivity contribution in [3.8, 4) is 0 Å². The van der Waals surface area contributed by atoms with Crippen LogP contribution in [0, 0.1) is 12.8 Å².